The van der Waals surface area contributed by atoms with E-state index in [1.165, 1.54) is 18.7 Å². The van der Waals surface area contributed by atoms with E-state index >= 15 is 0 Å². The summed E-state index contributed by atoms with van der Waals surface area (Å²) in [6, 6.07) is 36.4. The SMILES string of the molecule is O=C(O)c1ccccc1[C@H]1[C@@H](O)[C@H](n2cnc3c(Cl)ncnc32)O[C@H]1COC(c1ccccc1)(c1ccccc1)c1ccccc1. The fourth-order valence-electron chi connectivity index (χ4n) is 6.47. The Bertz CT molecular complexity index is 1880. The third-order valence-electron chi connectivity index (χ3n) is 8.52. The van der Waals surface area contributed by atoms with E-state index in [4.69, 9.17) is 21.1 Å². The molecule has 0 radical (unpaired) electrons. The molecule has 46 heavy (non-hydrogen) atoms. The minimum Gasteiger partial charge on any atom is -0.478 e. The molecule has 0 amide bonds. The lowest BCUT2D eigenvalue weighted by molar-refractivity contribution is -0.0862. The molecule has 10 heteroatoms. The van der Waals surface area contributed by atoms with E-state index in [0.717, 1.165) is 16.7 Å². The summed E-state index contributed by atoms with van der Waals surface area (Å²) in [6.07, 6.45) is -0.151. The maximum absolute atomic E-state index is 12.4. The van der Waals surface area contributed by atoms with Gasteiger partial charge in [-0.15, -0.1) is 0 Å². The molecule has 1 saturated heterocycles. The Hall–Kier alpha value is -4.93. The molecule has 0 bridgehead atoms. The number of ether oxygens (including phenoxy) is 2. The van der Waals surface area contributed by atoms with E-state index in [0.29, 0.717) is 16.7 Å². The topological polar surface area (TPSA) is 120 Å². The van der Waals surface area contributed by atoms with Crippen LogP contribution in [0.3, 0.4) is 0 Å². The van der Waals surface area contributed by atoms with Crippen LogP contribution in [0.15, 0.2) is 128 Å². The Morgan fingerprint density at radius 3 is 1.98 bits per heavy atom. The number of carboxylic acid groups (broad SMARTS) is 1. The highest BCUT2D eigenvalue weighted by atomic mass is 35.5. The molecule has 230 valence electrons. The van der Waals surface area contributed by atoms with Gasteiger partial charge in [0, 0.05) is 5.92 Å². The van der Waals surface area contributed by atoms with Crippen LogP contribution in [0.4, 0.5) is 0 Å². The van der Waals surface area contributed by atoms with Gasteiger partial charge < -0.3 is 19.7 Å². The van der Waals surface area contributed by atoms with Crippen LogP contribution in [0.5, 0.6) is 0 Å². The minimum atomic E-state index is -1.19. The van der Waals surface area contributed by atoms with E-state index in [1.807, 2.05) is 91.0 Å². The van der Waals surface area contributed by atoms with Crippen LogP contribution in [0, 0.1) is 0 Å². The number of aromatic carboxylic acids is 1. The number of aromatic nitrogens is 4. The van der Waals surface area contributed by atoms with Crippen LogP contribution < -0.4 is 0 Å². The number of benzene rings is 4. The molecular weight excluding hydrogens is 604 g/mol. The van der Waals surface area contributed by atoms with Gasteiger partial charge in [0.1, 0.15) is 23.5 Å². The van der Waals surface area contributed by atoms with E-state index in [-0.39, 0.29) is 17.3 Å². The maximum atomic E-state index is 12.4. The minimum absolute atomic E-state index is 0.00671. The lowest BCUT2D eigenvalue weighted by atomic mass is 9.80. The highest BCUT2D eigenvalue weighted by Gasteiger charge is 2.49. The van der Waals surface area contributed by atoms with Crippen molar-refractivity contribution in [2.45, 2.75) is 30.0 Å². The number of hydrogen-bond acceptors (Lipinski definition) is 7. The largest absolute Gasteiger partial charge is 0.478 e. The summed E-state index contributed by atoms with van der Waals surface area (Å²) in [5.74, 6) is -1.89. The van der Waals surface area contributed by atoms with Crippen molar-refractivity contribution in [3.63, 3.8) is 0 Å². The Labute approximate surface area is 269 Å². The Morgan fingerprint density at radius 1 is 0.826 bits per heavy atom. The van der Waals surface area contributed by atoms with Crippen LogP contribution in [0.25, 0.3) is 11.2 Å². The summed E-state index contributed by atoms with van der Waals surface area (Å²) < 4.78 is 15.3. The first-order valence-corrected chi connectivity index (χ1v) is 15.2. The van der Waals surface area contributed by atoms with Crippen molar-refractivity contribution in [3.05, 3.63) is 161 Å². The predicted octanol–water partition coefficient (Wildman–Crippen LogP) is 6.23. The number of aliphatic hydroxyl groups is 1. The summed E-state index contributed by atoms with van der Waals surface area (Å²) in [4.78, 5) is 25.1. The van der Waals surface area contributed by atoms with Gasteiger partial charge in [0.25, 0.3) is 0 Å². The van der Waals surface area contributed by atoms with E-state index in [2.05, 4.69) is 15.0 Å². The second kappa shape index (κ2) is 12.5. The number of carboxylic acids is 1. The van der Waals surface area contributed by atoms with Gasteiger partial charge in [0.05, 0.1) is 24.6 Å². The molecule has 4 atom stereocenters. The van der Waals surface area contributed by atoms with Crippen molar-refractivity contribution >= 4 is 28.7 Å². The van der Waals surface area contributed by atoms with E-state index < -0.39 is 35.9 Å². The molecule has 1 aliphatic rings. The molecule has 1 aliphatic heterocycles. The molecule has 9 nitrogen and oxygen atoms in total. The van der Waals surface area contributed by atoms with Gasteiger partial charge in [-0.2, -0.15) is 0 Å². The molecule has 0 spiro atoms. The molecule has 7 rings (SSSR count). The quantitative estimate of drug-likeness (QED) is 0.142. The Balaban J connectivity index is 1.35. The highest BCUT2D eigenvalue weighted by Crippen LogP contribution is 2.46. The zero-order valence-electron chi connectivity index (χ0n) is 24.4. The van der Waals surface area contributed by atoms with Crippen LogP contribution in [-0.2, 0) is 15.1 Å². The molecule has 4 aromatic carbocycles. The first kappa shape index (κ1) is 29.8. The normalized spacial score (nSPS) is 19.8. The van der Waals surface area contributed by atoms with Crippen molar-refractivity contribution < 1.29 is 24.5 Å². The lowest BCUT2D eigenvalue weighted by Gasteiger charge is -2.37. The number of fused-ring (bicyclic) bond motifs is 1. The van der Waals surface area contributed by atoms with Gasteiger partial charge in [-0.3, -0.25) is 4.57 Å². The zero-order valence-corrected chi connectivity index (χ0v) is 25.2. The second-order valence-electron chi connectivity index (χ2n) is 11.1. The monoisotopic (exact) mass is 632 g/mol. The number of rotatable bonds is 9. The van der Waals surface area contributed by atoms with Gasteiger partial charge in [-0.05, 0) is 28.3 Å². The Kier molecular flexibility index (Phi) is 8.06. The van der Waals surface area contributed by atoms with Crippen molar-refractivity contribution in [1.29, 1.82) is 0 Å². The lowest BCUT2D eigenvalue weighted by Crippen LogP contribution is -2.37. The molecule has 0 saturated carbocycles. The van der Waals surface area contributed by atoms with Crippen LogP contribution in [0.1, 0.15) is 44.8 Å². The highest BCUT2D eigenvalue weighted by molar-refractivity contribution is 6.33. The van der Waals surface area contributed by atoms with E-state index in [9.17, 15) is 15.0 Å². The summed E-state index contributed by atoms with van der Waals surface area (Å²) in [5.41, 5.74) is 2.88. The molecule has 6 aromatic rings. The van der Waals surface area contributed by atoms with Crippen molar-refractivity contribution in [2.75, 3.05) is 6.61 Å². The Morgan fingerprint density at radius 2 is 1.39 bits per heavy atom. The average molecular weight is 633 g/mol. The fourth-order valence-corrected chi connectivity index (χ4v) is 6.64. The number of carbonyl (C=O) groups is 1. The standard InChI is InChI=1S/C36H29ClN4O5/c37-32-30-33(39-21-38-32)41(22-40-30)34-31(42)29(26-18-10-11-19-27(26)35(43)44)28(46-34)20-45-36(23-12-4-1-5-13-23,24-14-6-2-7-15-24)25-16-8-3-9-17-25/h1-19,21-22,28-29,31,34,42H,20H2,(H,43,44)/t28-,29+,31+,34+/m0/s1. The number of hydrogen-bond donors (Lipinski definition) is 2. The summed E-state index contributed by atoms with van der Waals surface area (Å²) >= 11 is 6.28. The molecule has 2 N–H and O–H groups in total. The van der Waals surface area contributed by atoms with Crippen molar-refractivity contribution in [1.82, 2.24) is 19.5 Å². The third-order valence-corrected chi connectivity index (χ3v) is 8.80. The van der Waals surface area contributed by atoms with Gasteiger partial charge in [0.15, 0.2) is 17.0 Å². The van der Waals surface area contributed by atoms with Gasteiger partial charge in [0.2, 0.25) is 0 Å². The van der Waals surface area contributed by atoms with Crippen molar-refractivity contribution in [3.8, 4) is 0 Å². The first-order chi connectivity index (χ1) is 22.5. The molecular formula is C36H29ClN4O5. The predicted molar refractivity (Wildman–Crippen MR) is 172 cm³/mol. The molecule has 2 aromatic heterocycles. The molecule has 0 unspecified atom stereocenters. The zero-order chi connectivity index (χ0) is 31.7. The summed E-state index contributed by atoms with van der Waals surface area (Å²) in [7, 11) is 0. The number of halogens is 1. The fraction of sp³-hybridized carbons (Fsp3) is 0.167. The van der Waals surface area contributed by atoms with Crippen LogP contribution in [0.2, 0.25) is 5.15 Å². The number of nitrogens with zero attached hydrogens (tertiary/aromatic N) is 4. The van der Waals surface area contributed by atoms with Gasteiger partial charge in [-0.25, -0.2) is 19.7 Å². The smallest absolute Gasteiger partial charge is 0.335 e. The number of aliphatic hydroxyl groups excluding tert-OH is 1. The number of imidazole rings is 1. The molecule has 3 heterocycles. The van der Waals surface area contributed by atoms with Crippen molar-refractivity contribution in [2.24, 2.45) is 0 Å². The molecule has 1 fully saturated rings. The average Bonchev–Trinajstić information content (AvgIpc) is 3.67. The summed E-state index contributed by atoms with van der Waals surface area (Å²) in [6.45, 7) is -0.00671. The molecule has 0 aliphatic carbocycles. The van der Waals surface area contributed by atoms with Gasteiger partial charge >= 0.3 is 5.97 Å². The van der Waals surface area contributed by atoms with Crippen LogP contribution >= 0.6 is 11.6 Å². The van der Waals surface area contributed by atoms with Gasteiger partial charge in [-0.1, -0.05) is 121 Å². The summed E-state index contributed by atoms with van der Waals surface area (Å²) in [5, 5.41) is 22.3. The second-order valence-corrected chi connectivity index (χ2v) is 11.4. The third kappa shape index (κ3) is 5.13. The first-order valence-electron chi connectivity index (χ1n) is 14.8. The van der Waals surface area contributed by atoms with Crippen LogP contribution in [-0.4, -0.2) is 54.5 Å². The van der Waals surface area contributed by atoms with E-state index in [1.54, 1.807) is 22.8 Å². The maximum Gasteiger partial charge on any atom is 0.335 e.